The number of H-pyrrole nitrogens is 1. The Morgan fingerprint density at radius 3 is 2.68 bits per heavy atom. The van der Waals surface area contributed by atoms with Crippen LogP contribution in [0.4, 0.5) is 0 Å². The molecule has 2 fully saturated rings. The maximum atomic E-state index is 13.2. The molecule has 2 saturated heterocycles. The first-order chi connectivity index (χ1) is 15.1. The van der Waals surface area contributed by atoms with Gasteiger partial charge >= 0.3 is 0 Å². The Morgan fingerprint density at radius 2 is 1.87 bits per heavy atom. The maximum absolute atomic E-state index is 13.2. The van der Waals surface area contributed by atoms with Gasteiger partial charge in [0.1, 0.15) is 17.8 Å². The average Bonchev–Trinajstić information content (AvgIpc) is 3.21. The molecule has 1 aromatic heterocycles. The third-order valence-corrected chi connectivity index (χ3v) is 6.33. The Bertz CT molecular complexity index is 1110. The molecule has 2 aliphatic heterocycles. The summed E-state index contributed by atoms with van der Waals surface area (Å²) in [5, 5.41) is 4.07. The lowest BCUT2D eigenvalue weighted by Gasteiger charge is -2.45. The number of para-hydroxylation sites is 1. The van der Waals surface area contributed by atoms with Gasteiger partial charge in [-0.1, -0.05) is 30.3 Å². The van der Waals surface area contributed by atoms with Gasteiger partial charge in [-0.05, 0) is 29.3 Å². The second-order valence-electron chi connectivity index (χ2n) is 8.26. The van der Waals surface area contributed by atoms with Crippen molar-refractivity contribution in [1.82, 2.24) is 20.1 Å². The first kappa shape index (κ1) is 19.6. The van der Waals surface area contributed by atoms with Crippen molar-refractivity contribution in [2.45, 2.75) is 25.0 Å². The van der Waals surface area contributed by atoms with Crippen LogP contribution in [0.2, 0.25) is 0 Å². The van der Waals surface area contributed by atoms with Crippen molar-refractivity contribution in [3.05, 3.63) is 65.9 Å². The van der Waals surface area contributed by atoms with Crippen LogP contribution in [0.5, 0.6) is 5.75 Å². The third kappa shape index (κ3) is 3.77. The lowest BCUT2D eigenvalue weighted by Crippen LogP contribution is -2.69. The Morgan fingerprint density at radius 1 is 1.06 bits per heavy atom. The molecule has 0 spiro atoms. The summed E-state index contributed by atoms with van der Waals surface area (Å²) in [6, 6.07) is 15.0. The van der Waals surface area contributed by atoms with E-state index >= 15 is 0 Å². The van der Waals surface area contributed by atoms with E-state index in [0.717, 1.165) is 40.9 Å². The van der Waals surface area contributed by atoms with Gasteiger partial charge < -0.3 is 19.9 Å². The number of ether oxygens (including phenoxy) is 1. The molecular formula is C24H26N4O3. The van der Waals surface area contributed by atoms with Crippen LogP contribution in [-0.4, -0.2) is 65.4 Å². The number of carbonyl (C=O) groups is 2. The van der Waals surface area contributed by atoms with Crippen LogP contribution in [0.15, 0.2) is 54.7 Å². The minimum Gasteiger partial charge on any atom is -0.497 e. The molecule has 2 N–H and O–H groups in total. The smallest absolute Gasteiger partial charge is 0.246 e. The molecule has 160 valence electrons. The predicted molar refractivity (Wildman–Crippen MR) is 118 cm³/mol. The van der Waals surface area contributed by atoms with Crippen LogP contribution in [0.3, 0.4) is 0 Å². The Labute approximate surface area is 181 Å². The van der Waals surface area contributed by atoms with E-state index < -0.39 is 12.1 Å². The van der Waals surface area contributed by atoms with E-state index in [1.165, 1.54) is 0 Å². The van der Waals surface area contributed by atoms with E-state index in [-0.39, 0.29) is 11.8 Å². The van der Waals surface area contributed by atoms with Crippen LogP contribution in [-0.2, 0) is 22.6 Å². The molecule has 2 aliphatic rings. The monoisotopic (exact) mass is 418 g/mol. The van der Waals surface area contributed by atoms with Crippen LogP contribution in [0.1, 0.15) is 11.1 Å². The number of fused-ring (bicyclic) bond motifs is 2. The molecule has 0 aliphatic carbocycles. The summed E-state index contributed by atoms with van der Waals surface area (Å²) in [6.07, 6.45) is 2.43. The molecule has 31 heavy (non-hydrogen) atoms. The van der Waals surface area contributed by atoms with Crippen LogP contribution in [0, 0.1) is 0 Å². The van der Waals surface area contributed by atoms with Crippen LogP contribution >= 0.6 is 0 Å². The van der Waals surface area contributed by atoms with E-state index in [9.17, 15) is 9.59 Å². The van der Waals surface area contributed by atoms with Gasteiger partial charge in [-0.2, -0.15) is 0 Å². The van der Waals surface area contributed by atoms with Crippen LogP contribution < -0.4 is 10.1 Å². The summed E-state index contributed by atoms with van der Waals surface area (Å²) >= 11 is 0. The van der Waals surface area contributed by atoms with Gasteiger partial charge in [-0.15, -0.1) is 0 Å². The molecule has 7 heteroatoms. The molecule has 3 heterocycles. The van der Waals surface area contributed by atoms with Gasteiger partial charge in [0.05, 0.1) is 7.11 Å². The standard InChI is InChI=1S/C24H26N4O3/c1-31-18-8-6-16(7-9-18)14-27-10-11-28-22(15-27)23(29)26-21(24(28)30)12-17-13-25-20-5-3-2-4-19(17)20/h2-9,13,21-22,25H,10-12,14-15H2,1H3,(H,26,29)/t21-,22+/m0/s1. The zero-order chi connectivity index (χ0) is 21.4. The van der Waals surface area contributed by atoms with Crippen molar-refractivity contribution in [2.75, 3.05) is 26.7 Å². The molecule has 5 rings (SSSR count). The molecular weight excluding hydrogens is 392 g/mol. The largest absolute Gasteiger partial charge is 0.497 e. The molecule has 0 radical (unpaired) electrons. The zero-order valence-corrected chi connectivity index (χ0v) is 17.5. The fourth-order valence-electron chi connectivity index (χ4n) is 4.65. The third-order valence-electron chi connectivity index (χ3n) is 6.33. The van der Waals surface area contributed by atoms with Gasteiger partial charge in [0, 0.05) is 49.7 Å². The first-order valence-electron chi connectivity index (χ1n) is 10.6. The van der Waals surface area contributed by atoms with Gasteiger partial charge in [0.15, 0.2) is 0 Å². The van der Waals surface area contributed by atoms with Crippen molar-refractivity contribution >= 4 is 22.7 Å². The number of methoxy groups -OCH3 is 1. The van der Waals surface area contributed by atoms with Crippen molar-refractivity contribution in [3.8, 4) is 5.75 Å². The number of piperazine rings is 2. The number of aromatic nitrogens is 1. The van der Waals surface area contributed by atoms with Crippen molar-refractivity contribution in [3.63, 3.8) is 0 Å². The van der Waals surface area contributed by atoms with Gasteiger partial charge in [0.25, 0.3) is 0 Å². The number of amides is 2. The van der Waals surface area contributed by atoms with E-state index in [4.69, 9.17) is 4.74 Å². The van der Waals surface area contributed by atoms with Gasteiger partial charge in [0.2, 0.25) is 11.8 Å². The first-order valence-corrected chi connectivity index (χ1v) is 10.6. The molecule has 2 atom stereocenters. The lowest BCUT2D eigenvalue weighted by atomic mass is 9.98. The van der Waals surface area contributed by atoms with Gasteiger partial charge in [-0.3, -0.25) is 14.5 Å². The van der Waals surface area contributed by atoms with Crippen molar-refractivity contribution in [2.24, 2.45) is 0 Å². The molecule has 0 saturated carbocycles. The summed E-state index contributed by atoms with van der Waals surface area (Å²) in [5.41, 5.74) is 3.25. The molecule has 3 aromatic rings. The van der Waals surface area contributed by atoms with E-state index in [0.29, 0.717) is 19.5 Å². The molecule has 0 bridgehead atoms. The van der Waals surface area contributed by atoms with E-state index in [2.05, 4.69) is 15.2 Å². The second kappa shape index (κ2) is 8.07. The topological polar surface area (TPSA) is 77.7 Å². The van der Waals surface area contributed by atoms with Crippen LogP contribution in [0.25, 0.3) is 10.9 Å². The SMILES string of the molecule is COc1ccc(CN2CCN3C(=O)[C@H](Cc4c[nH]c5ccccc45)NC(=O)[C@H]3C2)cc1. The lowest BCUT2D eigenvalue weighted by molar-refractivity contribution is -0.153. The highest BCUT2D eigenvalue weighted by Crippen LogP contribution is 2.23. The van der Waals surface area contributed by atoms with Crippen molar-refractivity contribution < 1.29 is 14.3 Å². The number of hydrogen-bond acceptors (Lipinski definition) is 4. The quantitative estimate of drug-likeness (QED) is 0.664. The highest BCUT2D eigenvalue weighted by Gasteiger charge is 2.43. The number of rotatable bonds is 5. The Balaban J connectivity index is 1.26. The fraction of sp³-hybridized carbons (Fsp3) is 0.333. The number of hydrogen-bond donors (Lipinski definition) is 2. The number of nitrogens with zero attached hydrogens (tertiary/aromatic N) is 2. The highest BCUT2D eigenvalue weighted by molar-refractivity contribution is 5.98. The van der Waals surface area contributed by atoms with Crippen molar-refractivity contribution in [1.29, 1.82) is 0 Å². The summed E-state index contributed by atoms with van der Waals surface area (Å²) in [7, 11) is 1.65. The summed E-state index contributed by atoms with van der Waals surface area (Å²) < 4.78 is 5.21. The predicted octanol–water partition coefficient (Wildman–Crippen LogP) is 1.93. The van der Waals surface area contributed by atoms with E-state index in [1.807, 2.05) is 54.7 Å². The second-order valence-corrected chi connectivity index (χ2v) is 8.26. The summed E-state index contributed by atoms with van der Waals surface area (Å²) in [6.45, 7) is 2.61. The number of benzene rings is 2. The normalized spacial score (nSPS) is 21.8. The molecule has 2 amide bonds. The Kier molecular flexibility index (Phi) is 5.11. The van der Waals surface area contributed by atoms with Gasteiger partial charge in [-0.25, -0.2) is 0 Å². The number of carbonyl (C=O) groups excluding carboxylic acids is 2. The Hall–Kier alpha value is -3.32. The minimum atomic E-state index is -0.518. The zero-order valence-electron chi connectivity index (χ0n) is 17.5. The number of aromatic amines is 1. The molecule has 0 unspecified atom stereocenters. The number of nitrogens with one attached hydrogen (secondary N) is 2. The molecule has 2 aromatic carbocycles. The van der Waals surface area contributed by atoms with E-state index in [1.54, 1.807) is 12.0 Å². The summed E-state index contributed by atoms with van der Waals surface area (Å²) in [4.78, 5) is 33.3. The fourth-order valence-corrected chi connectivity index (χ4v) is 4.65. The highest BCUT2D eigenvalue weighted by atomic mass is 16.5. The average molecular weight is 418 g/mol. The summed E-state index contributed by atoms with van der Waals surface area (Å²) in [5.74, 6) is 0.773. The maximum Gasteiger partial charge on any atom is 0.246 e. The molecule has 7 nitrogen and oxygen atoms in total. The minimum absolute atomic E-state index is 0.0129.